The third kappa shape index (κ3) is 5.33. The lowest BCUT2D eigenvalue weighted by atomic mass is 9.72. The number of rotatable bonds is 8. The Balaban J connectivity index is 1.27. The molecule has 1 aliphatic carbocycles. The zero-order valence-electron chi connectivity index (χ0n) is 22.1. The van der Waals surface area contributed by atoms with Gasteiger partial charge in [0, 0.05) is 12.0 Å². The molecule has 2 N–H and O–H groups in total. The number of fused-ring (bicyclic) bond motifs is 2. The molecule has 3 atom stereocenters. The number of hydrogen-bond donors (Lipinski definition) is 2. The zero-order valence-corrected chi connectivity index (χ0v) is 22.1. The molecule has 0 fully saturated rings. The minimum absolute atomic E-state index is 0.245. The molecule has 0 amide bonds. The quantitative estimate of drug-likeness (QED) is 0.246. The van der Waals surface area contributed by atoms with Gasteiger partial charge in [-0.3, -0.25) is 0 Å². The lowest BCUT2D eigenvalue weighted by Crippen LogP contribution is -2.23. The molecule has 5 rings (SSSR count). The summed E-state index contributed by atoms with van der Waals surface area (Å²) in [5.41, 5.74) is 7.62. The lowest BCUT2D eigenvalue weighted by molar-refractivity contribution is 0.0696. The number of hydrogen-bond acceptors (Lipinski definition) is 2. The molecule has 0 bridgehead atoms. The summed E-state index contributed by atoms with van der Waals surface area (Å²) in [5.74, 6) is -0.00570. The van der Waals surface area contributed by atoms with Gasteiger partial charge in [0.25, 0.3) is 0 Å². The summed E-state index contributed by atoms with van der Waals surface area (Å²) >= 11 is 0. The van der Waals surface area contributed by atoms with E-state index in [2.05, 4.69) is 85.0 Å². The smallest absolute Gasteiger partial charge is 0.335 e. The summed E-state index contributed by atoms with van der Waals surface area (Å²) in [7, 11) is 0. The summed E-state index contributed by atoms with van der Waals surface area (Å²) < 4.78 is 0. The predicted molar refractivity (Wildman–Crippen MR) is 153 cm³/mol. The van der Waals surface area contributed by atoms with E-state index in [1.807, 2.05) is 19.9 Å². The Labute approximate surface area is 220 Å². The molecule has 0 radical (unpaired) electrons. The fourth-order valence-electron chi connectivity index (χ4n) is 6.21. The molecular formula is C34H37NO2. The van der Waals surface area contributed by atoms with Gasteiger partial charge in [-0.05, 0) is 109 Å². The van der Waals surface area contributed by atoms with Crippen LogP contribution in [0.1, 0.15) is 81.9 Å². The number of carbonyl (C=O) groups is 1. The normalized spacial score (nSPS) is 17.9. The number of nitrogens with one attached hydrogen (secondary N) is 1. The predicted octanol–water partition coefficient (Wildman–Crippen LogP) is 7.98. The molecule has 3 nitrogen and oxygen atoms in total. The average Bonchev–Trinajstić information content (AvgIpc) is 2.91. The van der Waals surface area contributed by atoms with Crippen molar-refractivity contribution in [3.8, 4) is 0 Å². The van der Waals surface area contributed by atoms with E-state index in [-0.39, 0.29) is 5.92 Å². The van der Waals surface area contributed by atoms with Crippen LogP contribution in [0.5, 0.6) is 0 Å². The van der Waals surface area contributed by atoms with Crippen molar-refractivity contribution in [2.45, 2.75) is 58.4 Å². The number of benzene rings is 4. The molecule has 0 saturated heterocycles. The van der Waals surface area contributed by atoms with Gasteiger partial charge in [0.1, 0.15) is 0 Å². The van der Waals surface area contributed by atoms with E-state index in [0.717, 1.165) is 48.9 Å². The summed E-state index contributed by atoms with van der Waals surface area (Å²) in [6.07, 6.45) is 4.46. The van der Waals surface area contributed by atoms with Crippen LogP contribution >= 0.6 is 0 Å². The maximum absolute atomic E-state index is 11.9. The molecule has 2 unspecified atom stereocenters. The standard InChI is InChI=1S/C34H37NO2/c1-22-18-28(21-32(23(22)2)34(36)37)33-20-25(19-27-12-5-7-15-31(27)33)10-9-17-35-24(3)29-16-8-13-26-11-4-6-14-30(26)29/h4-8,11-16,18,21,24-25,33,35H,9-10,17,19-20H2,1-3H3,(H,36,37)/t24-,25?,33?/m1/s1. The number of aromatic carboxylic acids is 1. The summed E-state index contributed by atoms with van der Waals surface area (Å²) in [5, 5.41) is 16.2. The number of aryl methyl sites for hydroxylation is 1. The van der Waals surface area contributed by atoms with Crippen molar-refractivity contribution in [3.05, 3.63) is 118 Å². The van der Waals surface area contributed by atoms with Gasteiger partial charge in [0.15, 0.2) is 0 Å². The van der Waals surface area contributed by atoms with E-state index >= 15 is 0 Å². The van der Waals surface area contributed by atoms with Crippen LogP contribution in [-0.4, -0.2) is 17.6 Å². The van der Waals surface area contributed by atoms with Gasteiger partial charge in [-0.1, -0.05) is 72.8 Å². The fraction of sp³-hybridized carbons (Fsp3) is 0.324. The first kappa shape index (κ1) is 25.2. The highest BCUT2D eigenvalue weighted by atomic mass is 16.4. The van der Waals surface area contributed by atoms with Gasteiger partial charge in [-0.15, -0.1) is 0 Å². The van der Waals surface area contributed by atoms with Crippen LogP contribution in [0.25, 0.3) is 10.8 Å². The molecule has 4 aromatic rings. The van der Waals surface area contributed by atoms with Crippen molar-refractivity contribution >= 4 is 16.7 Å². The van der Waals surface area contributed by atoms with Crippen molar-refractivity contribution in [2.75, 3.05) is 6.54 Å². The second kappa shape index (κ2) is 10.9. The van der Waals surface area contributed by atoms with Gasteiger partial charge in [-0.25, -0.2) is 4.79 Å². The fourth-order valence-corrected chi connectivity index (χ4v) is 6.21. The minimum Gasteiger partial charge on any atom is -0.478 e. The molecular weight excluding hydrogens is 454 g/mol. The van der Waals surface area contributed by atoms with Gasteiger partial charge in [0.05, 0.1) is 5.56 Å². The Morgan fingerprint density at radius 3 is 2.59 bits per heavy atom. The second-order valence-corrected chi connectivity index (χ2v) is 10.8. The molecule has 0 aromatic heterocycles. The topological polar surface area (TPSA) is 49.3 Å². The summed E-state index contributed by atoms with van der Waals surface area (Å²) in [4.78, 5) is 11.9. The van der Waals surface area contributed by atoms with Crippen LogP contribution in [0.15, 0.2) is 78.9 Å². The number of carboxylic acid groups (broad SMARTS) is 1. The number of carboxylic acids is 1. The Bertz CT molecular complexity index is 1420. The van der Waals surface area contributed by atoms with E-state index in [1.165, 1.54) is 27.5 Å². The van der Waals surface area contributed by atoms with Crippen molar-refractivity contribution in [1.29, 1.82) is 0 Å². The lowest BCUT2D eigenvalue weighted by Gasteiger charge is -2.33. The average molecular weight is 492 g/mol. The molecule has 4 aromatic carbocycles. The monoisotopic (exact) mass is 491 g/mol. The Morgan fingerprint density at radius 2 is 1.76 bits per heavy atom. The second-order valence-electron chi connectivity index (χ2n) is 10.8. The molecule has 1 aliphatic rings. The third-order valence-corrected chi connectivity index (χ3v) is 8.36. The van der Waals surface area contributed by atoms with E-state index in [0.29, 0.717) is 17.5 Å². The van der Waals surface area contributed by atoms with E-state index in [4.69, 9.17) is 0 Å². The zero-order chi connectivity index (χ0) is 25.9. The maximum atomic E-state index is 11.9. The highest BCUT2D eigenvalue weighted by Crippen LogP contribution is 2.41. The Morgan fingerprint density at radius 1 is 1.00 bits per heavy atom. The van der Waals surface area contributed by atoms with Crippen LogP contribution in [0, 0.1) is 19.8 Å². The summed E-state index contributed by atoms with van der Waals surface area (Å²) in [6.45, 7) is 7.18. The highest BCUT2D eigenvalue weighted by molar-refractivity contribution is 5.90. The molecule has 0 heterocycles. The van der Waals surface area contributed by atoms with Crippen molar-refractivity contribution in [1.82, 2.24) is 5.32 Å². The van der Waals surface area contributed by atoms with Gasteiger partial charge in [-0.2, -0.15) is 0 Å². The first-order valence-corrected chi connectivity index (χ1v) is 13.6. The van der Waals surface area contributed by atoms with E-state index in [9.17, 15) is 9.90 Å². The third-order valence-electron chi connectivity index (χ3n) is 8.36. The first-order valence-electron chi connectivity index (χ1n) is 13.6. The van der Waals surface area contributed by atoms with Gasteiger partial charge in [0.2, 0.25) is 0 Å². The van der Waals surface area contributed by atoms with Crippen LogP contribution in [0.2, 0.25) is 0 Å². The van der Waals surface area contributed by atoms with Crippen molar-refractivity contribution < 1.29 is 9.90 Å². The maximum Gasteiger partial charge on any atom is 0.335 e. The molecule has 37 heavy (non-hydrogen) atoms. The van der Waals surface area contributed by atoms with Crippen LogP contribution < -0.4 is 5.32 Å². The van der Waals surface area contributed by atoms with Gasteiger partial charge >= 0.3 is 5.97 Å². The molecule has 190 valence electrons. The largest absolute Gasteiger partial charge is 0.478 e. The molecule has 3 heteroatoms. The van der Waals surface area contributed by atoms with Crippen LogP contribution in [0.4, 0.5) is 0 Å². The Kier molecular flexibility index (Phi) is 7.43. The van der Waals surface area contributed by atoms with Gasteiger partial charge < -0.3 is 10.4 Å². The van der Waals surface area contributed by atoms with E-state index < -0.39 is 5.97 Å². The first-order chi connectivity index (χ1) is 17.9. The van der Waals surface area contributed by atoms with Crippen molar-refractivity contribution in [3.63, 3.8) is 0 Å². The molecule has 0 saturated carbocycles. The van der Waals surface area contributed by atoms with Crippen molar-refractivity contribution in [2.24, 2.45) is 5.92 Å². The highest BCUT2D eigenvalue weighted by Gasteiger charge is 2.29. The molecule has 0 aliphatic heterocycles. The van der Waals surface area contributed by atoms with Crippen LogP contribution in [-0.2, 0) is 6.42 Å². The molecule has 0 spiro atoms. The Hall–Kier alpha value is -3.43. The SMILES string of the molecule is Cc1cc(C2CC(CCCN[C@H](C)c3cccc4ccccc34)Cc3ccccc32)cc(C(=O)O)c1C. The van der Waals surface area contributed by atoms with Crippen LogP contribution in [0.3, 0.4) is 0 Å². The minimum atomic E-state index is -0.838. The van der Waals surface area contributed by atoms with E-state index in [1.54, 1.807) is 0 Å². The summed E-state index contributed by atoms with van der Waals surface area (Å²) in [6, 6.07) is 28.3.